The topological polar surface area (TPSA) is 145 Å². The van der Waals surface area contributed by atoms with Crippen molar-refractivity contribution >= 4 is 23.6 Å². The summed E-state index contributed by atoms with van der Waals surface area (Å²) in [5, 5.41) is 8.62. The number of ether oxygens (including phenoxy) is 1. The lowest BCUT2D eigenvalue weighted by atomic mass is 9.90. The molecule has 3 rings (SSSR count). The van der Waals surface area contributed by atoms with Crippen LogP contribution in [0.1, 0.15) is 24.8 Å². The largest absolute Gasteiger partial charge is 0.478 e. The second-order valence-electron chi connectivity index (χ2n) is 6.06. The molecule has 1 fully saturated rings. The lowest BCUT2D eigenvalue weighted by molar-refractivity contribution is -0.132. The number of rotatable bonds is 2. The number of nitrogens with two attached hydrogens (primary N) is 2. The highest BCUT2D eigenvalue weighted by Crippen LogP contribution is 2.42. The Morgan fingerprint density at radius 2 is 2.00 bits per heavy atom. The molecule has 9 heteroatoms. The van der Waals surface area contributed by atoms with E-state index in [1.165, 1.54) is 0 Å². The number of hydrogen-bond donors (Lipinski definition) is 3. The van der Waals surface area contributed by atoms with E-state index in [0.717, 1.165) is 30.6 Å². The highest BCUT2D eigenvalue weighted by Gasteiger charge is 2.43. The molecule has 1 spiro atoms. The molecule has 1 unspecified atom stereocenters. The number of nitrogen functional groups attached to an aromatic ring is 2. The average Bonchev–Trinajstić information content (AvgIpc) is 2.73. The lowest BCUT2D eigenvalue weighted by Gasteiger charge is -2.26. The molecule has 3 heterocycles. The number of carbonyl (C=O) groups is 2. The fourth-order valence-electron chi connectivity index (χ4n) is 3.23. The van der Waals surface area contributed by atoms with Crippen molar-refractivity contribution in [2.24, 2.45) is 0 Å². The average molecular weight is 333 g/mol. The van der Waals surface area contributed by atoms with E-state index in [-0.39, 0.29) is 11.9 Å². The van der Waals surface area contributed by atoms with Gasteiger partial charge in [0, 0.05) is 38.1 Å². The van der Waals surface area contributed by atoms with Crippen molar-refractivity contribution in [2.45, 2.75) is 31.3 Å². The van der Waals surface area contributed by atoms with Gasteiger partial charge in [-0.25, -0.2) is 4.79 Å². The molecule has 128 valence electrons. The molecule has 0 radical (unpaired) electrons. The molecule has 9 nitrogen and oxygen atoms in total. The van der Waals surface area contributed by atoms with Gasteiger partial charge in [0.15, 0.2) is 0 Å². The first-order valence-corrected chi connectivity index (χ1v) is 7.69. The number of carbonyl (C=O) groups excluding carboxylic acids is 1. The number of likely N-dealkylation sites (tertiary alicyclic amines) is 1. The summed E-state index contributed by atoms with van der Waals surface area (Å²) in [7, 11) is 0. The molecular weight excluding hydrogens is 314 g/mol. The van der Waals surface area contributed by atoms with Crippen LogP contribution >= 0.6 is 0 Å². The summed E-state index contributed by atoms with van der Waals surface area (Å²) in [6.07, 6.45) is 4.61. The SMILES string of the molecule is Nc1nc(N)c2c(n1)OC1(CCCN(C(=O)C=CC(=O)O)CC1)C2. The number of aliphatic carboxylic acids is 1. The molecule has 0 saturated carbocycles. The van der Waals surface area contributed by atoms with Gasteiger partial charge in [0.1, 0.15) is 11.4 Å². The predicted molar refractivity (Wildman–Crippen MR) is 85.1 cm³/mol. The fraction of sp³-hybridized carbons (Fsp3) is 0.467. The van der Waals surface area contributed by atoms with E-state index in [4.69, 9.17) is 21.3 Å². The van der Waals surface area contributed by atoms with E-state index < -0.39 is 11.6 Å². The number of carboxylic acids is 1. The van der Waals surface area contributed by atoms with E-state index in [1.54, 1.807) is 4.90 Å². The molecule has 1 aromatic heterocycles. The second-order valence-corrected chi connectivity index (χ2v) is 6.06. The van der Waals surface area contributed by atoms with Crippen molar-refractivity contribution in [3.63, 3.8) is 0 Å². The van der Waals surface area contributed by atoms with Crippen molar-refractivity contribution in [1.82, 2.24) is 14.9 Å². The van der Waals surface area contributed by atoms with E-state index in [1.807, 2.05) is 0 Å². The number of aromatic nitrogens is 2. The van der Waals surface area contributed by atoms with E-state index >= 15 is 0 Å². The Labute approximate surface area is 138 Å². The van der Waals surface area contributed by atoms with Crippen molar-refractivity contribution in [3.8, 4) is 5.88 Å². The predicted octanol–water partition coefficient (Wildman–Crippen LogP) is -0.0320. The third kappa shape index (κ3) is 3.10. The standard InChI is InChI=1S/C15H19N5O4/c16-12-9-8-15(24-13(9)19-14(17)18-12)4-1-6-20(7-5-15)10(21)2-3-11(22)23/h2-3H,1,4-8H2,(H,22,23)(H4,16,17,18,19). The quantitative estimate of drug-likeness (QED) is 0.640. The van der Waals surface area contributed by atoms with Gasteiger partial charge in [-0.05, 0) is 12.8 Å². The summed E-state index contributed by atoms with van der Waals surface area (Å²) in [4.78, 5) is 32.3. The third-order valence-electron chi connectivity index (χ3n) is 4.41. The summed E-state index contributed by atoms with van der Waals surface area (Å²) in [6.45, 7) is 1.02. The molecule has 1 amide bonds. The molecule has 0 aliphatic carbocycles. The van der Waals surface area contributed by atoms with Crippen LogP contribution in [0.4, 0.5) is 11.8 Å². The van der Waals surface area contributed by atoms with E-state index in [2.05, 4.69) is 9.97 Å². The summed E-state index contributed by atoms with van der Waals surface area (Å²) in [5.41, 5.74) is 11.8. The Bertz CT molecular complexity index is 720. The van der Waals surface area contributed by atoms with Gasteiger partial charge in [0.05, 0.1) is 5.56 Å². The Kier molecular flexibility index (Phi) is 4.00. The van der Waals surface area contributed by atoms with Crippen LogP contribution in [0.15, 0.2) is 12.2 Å². The molecule has 5 N–H and O–H groups in total. The minimum Gasteiger partial charge on any atom is -0.478 e. The van der Waals surface area contributed by atoms with Crippen molar-refractivity contribution in [2.75, 3.05) is 24.6 Å². The minimum absolute atomic E-state index is 0.0764. The van der Waals surface area contributed by atoms with Crippen molar-refractivity contribution < 1.29 is 19.4 Å². The summed E-state index contributed by atoms with van der Waals surface area (Å²) < 4.78 is 6.04. The van der Waals surface area contributed by atoms with Gasteiger partial charge in [0.25, 0.3) is 0 Å². The van der Waals surface area contributed by atoms with Crippen LogP contribution in [0.5, 0.6) is 5.88 Å². The molecule has 1 aromatic rings. The van der Waals surface area contributed by atoms with Crippen LogP contribution in [0.25, 0.3) is 0 Å². The Balaban J connectivity index is 1.72. The van der Waals surface area contributed by atoms with Crippen LogP contribution in [-0.2, 0) is 16.0 Å². The van der Waals surface area contributed by atoms with Gasteiger partial charge in [-0.2, -0.15) is 9.97 Å². The van der Waals surface area contributed by atoms with Crippen LogP contribution in [0.2, 0.25) is 0 Å². The number of hydrogen-bond acceptors (Lipinski definition) is 7. The van der Waals surface area contributed by atoms with Gasteiger partial charge in [-0.15, -0.1) is 0 Å². The van der Waals surface area contributed by atoms with Crippen molar-refractivity contribution in [3.05, 3.63) is 17.7 Å². The Hall–Kier alpha value is -2.84. The second kappa shape index (κ2) is 5.99. The fourth-order valence-corrected chi connectivity index (χ4v) is 3.23. The molecule has 2 aliphatic heterocycles. The maximum atomic E-state index is 12.1. The molecular formula is C15H19N5O4. The van der Waals surface area contributed by atoms with Crippen LogP contribution in [0.3, 0.4) is 0 Å². The first kappa shape index (κ1) is 16.0. The number of anilines is 2. The van der Waals surface area contributed by atoms with Gasteiger partial charge in [-0.1, -0.05) is 0 Å². The zero-order valence-electron chi connectivity index (χ0n) is 13.1. The van der Waals surface area contributed by atoms with Gasteiger partial charge in [-0.3, -0.25) is 4.79 Å². The van der Waals surface area contributed by atoms with Gasteiger partial charge >= 0.3 is 5.97 Å². The maximum Gasteiger partial charge on any atom is 0.328 e. The summed E-state index contributed by atoms with van der Waals surface area (Å²) >= 11 is 0. The molecule has 2 aliphatic rings. The van der Waals surface area contributed by atoms with E-state index in [0.29, 0.717) is 37.6 Å². The number of nitrogens with zero attached hydrogens (tertiary/aromatic N) is 3. The Morgan fingerprint density at radius 1 is 1.21 bits per heavy atom. The first-order chi connectivity index (χ1) is 11.4. The lowest BCUT2D eigenvalue weighted by Crippen LogP contribution is -2.37. The zero-order chi connectivity index (χ0) is 17.3. The number of amides is 1. The maximum absolute atomic E-state index is 12.1. The molecule has 0 bridgehead atoms. The highest BCUT2D eigenvalue weighted by atomic mass is 16.5. The molecule has 0 aromatic carbocycles. The Morgan fingerprint density at radius 3 is 2.75 bits per heavy atom. The molecule has 1 saturated heterocycles. The first-order valence-electron chi connectivity index (χ1n) is 7.69. The molecule has 24 heavy (non-hydrogen) atoms. The van der Waals surface area contributed by atoms with Gasteiger partial charge in [0.2, 0.25) is 17.7 Å². The smallest absolute Gasteiger partial charge is 0.328 e. The number of fused-ring (bicyclic) bond motifs is 1. The third-order valence-corrected chi connectivity index (χ3v) is 4.41. The van der Waals surface area contributed by atoms with Crippen LogP contribution in [-0.4, -0.2) is 50.5 Å². The van der Waals surface area contributed by atoms with E-state index in [9.17, 15) is 9.59 Å². The van der Waals surface area contributed by atoms with Crippen LogP contribution in [0, 0.1) is 0 Å². The molecule has 1 atom stereocenters. The van der Waals surface area contributed by atoms with Gasteiger partial charge < -0.3 is 26.2 Å². The summed E-state index contributed by atoms with van der Waals surface area (Å²) in [6, 6.07) is 0. The zero-order valence-corrected chi connectivity index (χ0v) is 13.1. The highest BCUT2D eigenvalue weighted by molar-refractivity contribution is 5.93. The van der Waals surface area contributed by atoms with Crippen LogP contribution < -0.4 is 16.2 Å². The monoisotopic (exact) mass is 333 g/mol. The summed E-state index contributed by atoms with van der Waals surface area (Å²) in [5.74, 6) is -0.626. The van der Waals surface area contributed by atoms with Crippen molar-refractivity contribution in [1.29, 1.82) is 0 Å². The number of carboxylic acid groups (broad SMARTS) is 1. The normalized spacial score (nSPS) is 23.1. The minimum atomic E-state index is -1.14.